The van der Waals surface area contributed by atoms with Crippen LogP contribution in [0, 0.1) is 17.2 Å². The molecule has 3 atom stereocenters. The normalized spacial score (nSPS) is 27.8. The maximum atomic E-state index is 15.4. The Hall–Kier alpha value is -3.53. The van der Waals surface area contributed by atoms with Crippen molar-refractivity contribution in [1.29, 1.82) is 0 Å². The quantitative estimate of drug-likeness (QED) is 0.471. The second-order valence-corrected chi connectivity index (χ2v) is 9.52. The fraction of sp³-hybridized carbons (Fsp3) is 0.423. The van der Waals surface area contributed by atoms with E-state index in [2.05, 4.69) is 5.32 Å². The number of aliphatic hydroxyl groups excluding tert-OH is 1. The van der Waals surface area contributed by atoms with Gasteiger partial charge >= 0.3 is 5.97 Å². The number of carbonyl (C=O) groups excluding carboxylic acids is 3. The van der Waals surface area contributed by atoms with Crippen LogP contribution < -0.4 is 10.2 Å². The van der Waals surface area contributed by atoms with Gasteiger partial charge in [-0.25, -0.2) is 13.6 Å². The van der Waals surface area contributed by atoms with Crippen molar-refractivity contribution in [2.24, 2.45) is 11.3 Å². The van der Waals surface area contributed by atoms with E-state index in [0.29, 0.717) is 23.4 Å². The van der Waals surface area contributed by atoms with Gasteiger partial charge in [0.05, 0.1) is 18.8 Å². The molecule has 0 radical (unpaired) electrons. The minimum Gasteiger partial charge on any atom is -0.463 e. The Balaban J connectivity index is 1.46. The van der Waals surface area contributed by atoms with E-state index in [1.807, 2.05) is 0 Å². The lowest BCUT2D eigenvalue weighted by Crippen LogP contribution is -2.51. The van der Waals surface area contributed by atoms with Crippen molar-refractivity contribution in [2.75, 3.05) is 31.2 Å². The zero-order chi connectivity index (χ0) is 25.6. The van der Waals surface area contributed by atoms with Gasteiger partial charge in [0.15, 0.2) is 11.6 Å². The van der Waals surface area contributed by atoms with Crippen LogP contribution in [0.5, 0.6) is 0 Å². The highest BCUT2D eigenvalue weighted by molar-refractivity contribution is 6.14. The molecule has 5 rings (SSSR count). The lowest BCUT2D eigenvalue weighted by atomic mass is 9.82. The summed E-state index contributed by atoms with van der Waals surface area (Å²) in [4.78, 5) is 41.5. The summed E-state index contributed by atoms with van der Waals surface area (Å²) < 4.78 is 34.2. The standard InChI is InChI=1S/C26H27F2N3O5/c1-2-36-25(35)16-9-15-10-20(28)24(29-23(15)31(12-16)19-5-3-18(27)4-6-19)30-8-7-26(14-30)21(33)11-17(13-32)22(26)34/h3-6,10,12,17,23,29,32H,2,7-9,11,13-14H2,1H3. The van der Waals surface area contributed by atoms with Crippen LogP contribution in [-0.4, -0.2) is 60.0 Å². The maximum Gasteiger partial charge on any atom is 0.335 e. The predicted molar refractivity (Wildman–Crippen MR) is 125 cm³/mol. The molecule has 1 aromatic rings. The van der Waals surface area contributed by atoms with Gasteiger partial charge in [0.25, 0.3) is 0 Å². The van der Waals surface area contributed by atoms with Gasteiger partial charge < -0.3 is 25.0 Å². The summed E-state index contributed by atoms with van der Waals surface area (Å²) in [5.74, 6) is -2.56. The lowest BCUT2D eigenvalue weighted by Gasteiger charge is -2.41. The lowest BCUT2D eigenvalue weighted by molar-refractivity contribution is -0.139. The van der Waals surface area contributed by atoms with Crippen molar-refractivity contribution in [2.45, 2.75) is 32.4 Å². The number of likely N-dealkylation sites (tertiary alicyclic amines) is 1. The summed E-state index contributed by atoms with van der Waals surface area (Å²) in [6, 6.07) is 5.71. The van der Waals surface area contributed by atoms with Crippen LogP contribution in [0.3, 0.4) is 0 Å². The number of anilines is 1. The number of Topliss-reactive ketones (excluding diaryl/α,β-unsaturated/α-hetero) is 2. The van der Waals surface area contributed by atoms with Crippen molar-refractivity contribution < 1.29 is 33.0 Å². The molecular weight excluding hydrogens is 472 g/mol. The number of ether oxygens (including phenoxy) is 1. The zero-order valence-electron chi connectivity index (χ0n) is 19.8. The van der Waals surface area contributed by atoms with Crippen molar-refractivity contribution in [3.8, 4) is 0 Å². The summed E-state index contributed by atoms with van der Waals surface area (Å²) in [5, 5.41) is 12.7. The van der Waals surface area contributed by atoms with Gasteiger partial charge in [-0.1, -0.05) is 0 Å². The van der Waals surface area contributed by atoms with Crippen LogP contribution in [0.2, 0.25) is 0 Å². The molecule has 0 bridgehead atoms. The second-order valence-electron chi connectivity index (χ2n) is 9.52. The number of hydrogen-bond donors (Lipinski definition) is 2. The van der Waals surface area contributed by atoms with Crippen LogP contribution in [0.25, 0.3) is 0 Å². The Labute approximate surface area is 206 Å². The molecule has 190 valence electrons. The van der Waals surface area contributed by atoms with E-state index in [1.54, 1.807) is 35.1 Å². The third kappa shape index (κ3) is 3.89. The highest BCUT2D eigenvalue weighted by Crippen LogP contribution is 2.44. The highest BCUT2D eigenvalue weighted by atomic mass is 19.1. The number of hydrogen-bond acceptors (Lipinski definition) is 8. The molecule has 3 unspecified atom stereocenters. The number of benzene rings is 1. The van der Waals surface area contributed by atoms with E-state index >= 15 is 4.39 Å². The predicted octanol–water partition coefficient (Wildman–Crippen LogP) is 2.32. The Morgan fingerprint density at radius 1 is 1.25 bits per heavy atom. The number of aliphatic hydroxyl groups is 1. The van der Waals surface area contributed by atoms with Gasteiger partial charge in [-0.2, -0.15) is 0 Å². The Morgan fingerprint density at radius 3 is 2.67 bits per heavy atom. The summed E-state index contributed by atoms with van der Waals surface area (Å²) in [6.07, 6.45) is 2.81. The zero-order valence-corrected chi connectivity index (χ0v) is 19.8. The van der Waals surface area contributed by atoms with Crippen LogP contribution in [-0.2, 0) is 19.1 Å². The fourth-order valence-corrected chi connectivity index (χ4v) is 5.55. The number of fused-ring (bicyclic) bond motifs is 1. The summed E-state index contributed by atoms with van der Waals surface area (Å²) >= 11 is 0. The molecule has 2 N–H and O–H groups in total. The molecule has 1 saturated carbocycles. The number of nitrogens with one attached hydrogen (secondary N) is 1. The number of dihydropyridines is 1. The van der Waals surface area contributed by atoms with Gasteiger partial charge in [-0.05, 0) is 49.3 Å². The molecule has 0 aromatic heterocycles. The third-order valence-corrected chi connectivity index (χ3v) is 7.41. The number of allylic oxidation sites excluding steroid dienone is 2. The molecule has 0 amide bonds. The summed E-state index contributed by atoms with van der Waals surface area (Å²) in [5.41, 5.74) is 0.257. The van der Waals surface area contributed by atoms with E-state index in [9.17, 15) is 23.9 Å². The minimum atomic E-state index is -1.23. The number of halogens is 2. The first-order valence-corrected chi connectivity index (χ1v) is 12.0. The molecule has 4 aliphatic rings. The first kappa shape index (κ1) is 24.2. The SMILES string of the molecule is CCOC(=O)C1=CN(c2ccc(F)cc2)C2NC(N3CCC4(C3)C(=O)CC(CO)C4=O)=C(F)C=C2C1. The Kier molecular flexibility index (Phi) is 6.15. The van der Waals surface area contributed by atoms with Crippen LogP contribution in [0.1, 0.15) is 26.2 Å². The topological polar surface area (TPSA) is 99.2 Å². The van der Waals surface area contributed by atoms with E-state index in [-0.39, 0.29) is 56.4 Å². The van der Waals surface area contributed by atoms with E-state index < -0.39 is 35.1 Å². The fourth-order valence-electron chi connectivity index (χ4n) is 5.55. The van der Waals surface area contributed by atoms with Crippen LogP contribution in [0.15, 0.2) is 59.3 Å². The molecule has 36 heavy (non-hydrogen) atoms. The number of carbonyl (C=O) groups is 3. The molecule has 3 heterocycles. The van der Waals surface area contributed by atoms with Gasteiger partial charge in [-0.3, -0.25) is 9.59 Å². The first-order valence-electron chi connectivity index (χ1n) is 12.0. The minimum absolute atomic E-state index is 0.00455. The summed E-state index contributed by atoms with van der Waals surface area (Å²) in [6.45, 7) is 1.84. The van der Waals surface area contributed by atoms with Crippen molar-refractivity contribution in [1.82, 2.24) is 10.2 Å². The molecular formula is C26H27F2N3O5. The van der Waals surface area contributed by atoms with Gasteiger partial charge in [-0.15, -0.1) is 0 Å². The first-order chi connectivity index (χ1) is 17.3. The average Bonchev–Trinajstić information content (AvgIpc) is 3.41. The Bertz CT molecular complexity index is 1210. The molecule has 1 spiro atoms. The molecule has 1 saturated heterocycles. The highest BCUT2D eigenvalue weighted by Gasteiger charge is 2.58. The van der Waals surface area contributed by atoms with Crippen molar-refractivity contribution >= 4 is 23.2 Å². The van der Waals surface area contributed by atoms with E-state index in [4.69, 9.17) is 4.74 Å². The molecule has 2 fully saturated rings. The van der Waals surface area contributed by atoms with Crippen LogP contribution in [0.4, 0.5) is 14.5 Å². The average molecular weight is 500 g/mol. The third-order valence-electron chi connectivity index (χ3n) is 7.41. The van der Waals surface area contributed by atoms with Gasteiger partial charge in [0, 0.05) is 43.7 Å². The van der Waals surface area contributed by atoms with Gasteiger partial charge in [0.2, 0.25) is 0 Å². The monoisotopic (exact) mass is 499 g/mol. The smallest absolute Gasteiger partial charge is 0.335 e. The number of rotatable bonds is 5. The second kappa shape index (κ2) is 9.16. The molecule has 1 aliphatic carbocycles. The Morgan fingerprint density at radius 2 is 2.00 bits per heavy atom. The maximum absolute atomic E-state index is 15.4. The molecule has 3 aliphatic heterocycles. The number of esters is 1. The van der Waals surface area contributed by atoms with E-state index in [1.165, 1.54) is 18.2 Å². The van der Waals surface area contributed by atoms with E-state index in [0.717, 1.165) is 0 Å². The van der Waals surface area contributed by atoms with Gasteiger partial charge in [0.1, 0.15) is 29.0 Å². The van der Waals surface area contributed by atoms with Crippen LogP contribution >= 0.6 is 0 Å². The molecule has 8 nitrogen and oxygen atoms in total. The molecule has 1 aromatic carbocycles. The summed E-state index contributed by atoms with van der Waals surface area (Å²) in [7, 11) is 0. The van der Waals surface area contributed by atoms with Crippen molar-refractivity contribution in [3.63, 3.8) is 0 Å². The number of ketones is 2. The van der Waals surface area contributed by atoms with Crippen molar-refractivity contribution in [3.05, 3.63) is 65.2 Å². The molecule has 10 heteroatoms. The number of nitrogens with zero attached hydrogens (tertiary/aromatic N) is 2. The largest absolute Gasteiger partial charge is 0.463 e.